The number of aromatic nitrogens is 3. The number of nitrogens with one attached hydrogen (secondary N) is 1. The van der Waals surface area contributed by atoms with Crippen molar-refractivity contribution in [2.24, 2.45) is 7.05 Å². The molecule has 4 nitrogen and oxygen atoms in total. The Balaban J connectivity index is 2.63. The third-order valence-corrected chi connectivity index (χ3v) is 2.59. The third kappa shape index (κ3) is 1.66. The molecule has 2 rings (SSSR count). The van der Waals surface area contributed by atoms with Crippen LogP contribution in [0.2, 0.25) is 0 Å². The predicted molar refractivity (Wildman–Crippen MR) is 60.4 cm³/mol. The van der Waals surface area contributed by atoms with Gasteiger partial charge in [0.15, 0.2) is 10.6 Å². The number of benzene rings is 1. The van der Waals surface area contributed by atoms with Crippen molar-refractivity contribution in [3.05, 3.63) is 29.0 Å². The molecule has 0 saturated carbocycles. The molecule has 0 saturated heterocycles. The van der Waals surface area contributed by atoms with E-state index < -0.39 is 0 Å². The van der Waals surface area contributed by atoms with Gasteiger partial charge < -0.3 is 9.30 Å². The molecule has 0 amide bonds. The van der Waals surface area contributed by atoms with E-state index >= 15 is 0 Å². The van der Waals surface area contributed by atoms with Gasteiger partial charge in [0.25, 0.3) is 0 Å². The number of methoxy groups -OCH3 is 1. The second kappa shape index (κ2) is 3.86. The Hall–Kier alpha value is -1.62. The fourth-order valence-corrected chi connectivity index (χ4v) is 1.55. The molecule has 5 heteroatoms. The maximum Gasteiger partial charge on any atom is 0.195 e. The summed E-state index contributed by atoms with van der Waals surface area (Å²) in [4.78, 5) is 0. The summed E-state index contributed by atoms with van der Waals surface area (Å²) in [5.74, 6) is 1.56. The summed E-state index contributed by atoms with van der Waals surface area (Å²) in [6.45, 7) is 0. The zero-order valence-electron chi connectivity index (χ0n) is 8.52. The van der Waals surface area contributed by atoms with Crippen molar-refractivity contribution in [3.63, 3.8) is 0 Å². The fourth-order valence-electron chi connectivity index (χ4n) is 1.42. The van der Waals surface area contributed by atoms with Crippen molar-refractivity contribution < 1.29 is 4.74 Å². The van der Waals surface area contributed by atoms with Crippen molar-refractivity contribution in [2.45, 2.75) is 0 Å². The number of hydrogen-bond acceptors (Lipinski definition) is 3. The first-order valence-electron chi connectivity index (χ1n) is 4.49. The second-order valence-corrected chi connectivity index (χ2v) is 3.50. The first kappa shape index (κ1) is 9.92. The summed E-state index contributed by atoms with van der Waals surface area (Å²) in [7, 11) is 3.51. The minimum atomic E-state index is 0.593. The lowest BCUT2D eigenvalue weighted by Gasteiger charge is -2.06. The summed E-state index contributed by atoms with van der Waals surface area (Å²) in [6, 6.07) is 7.70. The number of rotatable bonds is 2. The van der Waals surface area contributed by atoms with Crippen molar-refractivity contribution in [2.75, 3.05) is 7.11 Å². The van der Waals surface area contributed by atoms with E-state index in [-0.39, 0.29) is 0 Å². The Morgan fingerprint density at radius 1 is 1.40 bits per heavy atom. The maximum atomic E-state index is 5.26. The molecule has 0 bridgehead atoms. The molecule has 0 radical (unpaired) electrons. The van der Waals surface area contributed by atoms with E-state index in [1.165, 1.54) is 0 Å². The Labute approximate surface area is 92.5 Å². The topological polar surface area (TPSA) is 42.8 Å². The standard InChI is InChI=1S/C10H11N3OS/c1-13-9(11-12-10(13)15)7-5-3-4-6-8(7)14-2/h3-6H,1-2H3,(H,12,15). The van der Waals surface area contributed by atoms with E-state index in [9.17, 15) is 0 Å². The SMILES string of the molecule is COc1ccccc1-c1n[nH]c(=S)n1C. The van der Waals surface area contributed by atoms with Gasteiger partial charge in [0.05, 0.1) is 12.7 Å². The van der Waals surface area contributed by atoms with Gasteiger partial charge in [-0.15, -0.1) is 0 Å². The highest BCUT2D eigenvalue weighted by atomic mass is 32.1. The molecule has 78 valence electrons. The molecule has 15 heavy (non-hydrogen) atoms. The molecular formula is C10H11N3OS. The first-order chi connectivity index (χ1) is 7.24. The van der Waals surface area contributed by atoms with Crippen LogP contribution < -0.4 is 4.74 Å². The van der Waals surface area contributed by atoms with Crippen LogP contribution >= 0.6 is 12.2 Å². The normalized spacial score (nSPS) is 10.3. The highest BCUT2D eigenvalue weighted by Gasteiger charge is 2.10. The highest BCUT2D eigenvalue weighted by molar-refractivity contribution is 7.71. The van der Waals surface area contributed by atoms with Gasteiger partial charge in [0.1, 0.15) is 5.75 Å². The second-order valence-electron chi connectivity index (χ2n) is 3.11. The largest absolute Gasteiger partial charge is 0.496 e. The number of hydrogen-bond donors (Lipinski definition) is 1. The third-order valence-electron chi connectivity index (χ3n) is 2.23. The zero-order valence-corrected chi connectivity index (χ0v) is 9.34. The van der Waals surface area contributed by atoms with E-state index in [2.05, 4.69) is 10.2 Å². The molecule has 2 aromatic rings. The summed E-state index contributed by atoms with van der Waals surface area (Å²) >= 11 is 5.06. The van der Waals surface area contributed by atoms with E-state index in [0.717, 1.165) is 17.1 Å². The molecule has 0 aliphatic carbocycles. The number of nitrogens with zero attached hydrogens (tertiary/aromatic N) is 2. The number of aromatic amines is 1. The molecule has 1 aromatic heterocycles. The number of para-hydroxylation sites is 1. The average Bonchev–Trinajstić information content (AvgIpc) is 2.60. The smallest absolute Gasteiger partial charge is 0.195 e. The van der Waals surface area contributed by atoms with Gasteiger partial charge in [-0.1, -0.05) is 12.1 Å². The Bertz CT molecular complexity index is 529. The van der Waals surface area contributed by atoms with Crippen LogP contribution in [0.25, 0.3) is 11.4 Å². The van der Waals surface area contributed by atoms with Crippen molar-refractivity contribution in [1.29, 1.82) is 0 Å². The molecule has 0 fully saturated rings. The van der Waals surface area contributed by atoms with E-state index in [1.807, 2.05) is 35.9 Å². The molecule has 1 aromatic carbocycles. The van der Waals surface area contributed by atoms with Gasteiger partial charge in [-0.2, -0.15) is 5.10 Å². The van der Waals surface area contributed by atoms with Crippen LogP contribution in [0.15, 0.2) is 24.3 Å². The Morgan fingerprint density at radius 2 is 2.13 bits per heavy atom. The van der Waals surface area contributed by atoms with Crippen LogP contribution in [0.5, 0.6) is 5.75 Å². The lowest BCUT2D eigenvalue weighted by Crippen LogP contribution is -1.95. The minimum Gasteiger partial charge on any atom is -0.496 e. The molecule has 0 spiro atoms. The summed E-state index contributed by atoms with van der Waals surface area (Å²) in [5.41, 5.74) is 0.926. The molecule has 0 unspecified atom stereocenters. The van der Waals surface area contributed by atoms with E-state index in [1.54, 1.807) is 7.11 Å². The van der Waals surface area contributed by atoms with Gasteiger partial charge in [-0.05, 0) is 24.4 Å². The van der Waals surface area contributed by atoms with Crippen LogP contribution in [0.4, 0.5) is 0 Å². The Morgan fingerprint density at radius 3 is 2.73 bits per heavy atom. The predicted octanol–water partition coefficient (Wildman–Crippen LogP) is 2.15. The molecule has 1 heterocycles. The lowest BCUT2D eigenvalue weighted by molar-refractivity contribution is 0.416. The summed E-state index contributed by atoms with van der Waals surface area (Å²) < 4.78 is 7.67. The van der Waals surface area contributed by atoms with Crippen molar-refractivity contribution in [3.8, 4) is 17.1 Å². The summed E-state index contributed by atoms with van der Waals surface area (Å²) in [5, 5.41) is 6.91. The quantitative estimate of drug-likeness (QED) is 0.790. The lowest BCUT2D eigenvalue weighted by atomic mass is 10.2. The van der Waals surface area contributed by atoms with Crippen LogP contribution in [0.3, 0.4) is 0 Å². The summed E-state index contributed by atoms with van der Waals surface area (Å²) in [6.07, 6.45) is 0. The van der Waals surface area contributed by atoms with E-state index in [0.29, 0.717) is 4.77 Å². The van der Waals surface area contributed by atoms with E-state index in [4.69, 9.17) is 17.0 Å². The number of ether oxygens (including phenoxy) is 1. The van der Waals surface area contributed by atoms with Crippen LogP contribution in [0.1, 0.15) is 0 Å². The van der Waals surface area contributed by atoms with Crippen molar-refractivity contribution in [1.82, 2.24) is 14.8 Å². The fraction of sp³-hybridized carbons (Fsp3) is 0.200. The Kier molecular flexibility index (Phi) is 2.55. The van der Waals surface area contributed by atoms with Gasteiger partial charge in [-0.25, -0.2) is 0 Å². The van der Waals surface area contributed by atoms with Gasteiger partial charge in [0.2, 0.25) is 0 Å². The van der Waals surface area contributed by atoms with Crippen LogP contribution in [-0.4, -0.2) is 21.9 Å². The van der Waals surface area contributed by atoms with Crippen LogP contribution in [0, 0.1) is 4.77 Å². The van der Waals surface area contributed by atoms with Gasteiger partial charge in [-0.3, -0.25) is 5.10 Å². The number of H-pyrrole nitrogens is 1. The van der Waals surface area contributed by atoms with Gasteiger partial charge in [0, 0.05) is 7.05 Å². The monoisotopic (exact) mass is 221 g/mol. The van der Waals surface area contributed by atoms with Crippen molar-refractivity contribution >= 4 is 12.2 Å². The first-order valence-corrected chi connectivity index (χ1v) is 4.89. The van der Waals surface area contributed by atoms with Gasteiger partial charge >= 0.3 is 0 Å². The highest BCUT2D eigenvalue weighted by Crippen LogP contribution is 2.27. The average molecular weight is 221 g/mol. The van der Waals surface area contributed by atoms with Crippen LogP contribution in [-0.2, 0) is 7.05 Å². The molecular weight excluding hydrogens is 210 g/mol. The molecule has 0 aliphatic rings. The molecule has 1 N–H and O–H groups in total. The minimum absolute atomic E-state index is 0.593. The zero-order chi connectivity index (χ0) is 10.8. The maximum absolute atomic E-state index is 5.26. The molecule has 0 aliphatic heterocycles. The molecule has 0 atom stereocenters.